The Morgan fingerprint density at radius 2 is 1.52 bits per heavy atom. The highest BCUT2D eigenvalue weighted by Crippen LogP contribution is 2.22. The van der Waals surface area contributed by atoms with Crippen LogP contribution in [0, 0.1) is 20.8 Å². The second kappa shape index (κ2) is 7.92. The van der Waals surface area contributed by atoms with Crippen molar-refractivity contribution in [3.8, 4) is 0 Å². The van der Waals surface area contributed by atoms with E-state index in [2.05, 4.69) is 24.4 Å². The highest BCUT2D eigenvalue weighted by atomic mass is 16.1. The summed E-state index contributed by atoms with van der Waals surface area (Å²) in [4.78, 5) is 17.8. The average Bonchev–Trinajstić information content (AvgIpc) is 3.04. The summed E-state index contributed by atoms with van der Waals surface area (Å²) >= 11 is 0. The number of fused-ring (bicyclic) bond motifs is 1. The molecule has 0 atom stereocenters. The zero-order valence-electron chi connectivity index (χ0n) is 17.1. The second-order valence-corrected chi connectivity index (χ2v) is 7.52. The molecule has 0 saturated carbocycles. The third kappa shape index (κ3) is 3.92. The third-order valence-corrected chi connectivity index (χ3v) is 5.39. The van der Waals surface area contributed by atoms with Crippen molar-refractivity contribution in [1.29, 1.82) is 0 Å². The fraction of sp³-hybridized carbons (Fsp3) is 0.200. The molecule has 1 N–H and O–H groups in total. The highest BCUT2D eigenvalue weighted by molar-refractivity contribution is 5.93. The number of anilines is 1. The van der Waals surface area contributed by atoms with E-state index < -0.39 is 0 Å². The van der Waals surface area contributed by atoms with Gasteiger partial charge in [0.2, 0.25) is 5.91 Å². The molecule has 0 aliphatic heterocycles. The lowest BCUT2D eigenvalue weighted by molar-refractivity contribution is -0.116. The molecule has 0 unspecified atom stereocenters. The number of hydrogen-bond acceptors (Lipinski definition) is 2. The Kier molecular flexibility index (Phi) is 5.17. The van der Waals surface area contributed by atoms with Crippen molar-refractivity contribution in [3.63, 3.8) is 0 Å². The van der Waals surface area contributed by atoms with Crippen molar-refractivity contribution in [3.05, 3.63) is 94.8 Å². The van der Waals surface area contributed by atoms with E-state index in [-0.39, 0.29) is 12.5 Å². The molecule has 0 aliphatic carbocycles. The molecule has 1 aromatic heterocycles. The smallest absolute Gasteiger partial charge is 0.244 e. The Morgan fingerprint density at radius 1 is 0.862 bits per heavy atom. The average molecular weight is 383 g/mol. The SMILES string of the molecule is Cc1ccccc1Cc1nc2ccccc2n1CC(=O)Nc1c(C)cccc1C. The van der Waals surface area contributed by atoms with Gasteiger partial charge in [-0.3, -0.25) is 4.79 Å². The van der Waals surface area contributed by atoms with Crippen molar-refractivity contribution in [2.75, 3.05) is 5.32 Å². The first kappa shape index (κ1) is 18.9. The number of para-hydroxylation sites is 3. The topological polar surface area (TPSA) is 46.9 Å². The molecule has 146 valence electrons. The predicted octanol–water partition coefficient (Wildman–Crippen LogP) is 5.19. The summed E-state index contributed by atoms with van der Waals surface area (Å²) in [6.45, 7) is 6.36. The molecule has 4 aromatic rings. The summed E-state index contributed by atoms with van der Waals surface area (Å²) in [5, 5.41) is 3.10. The Hall–Kier alpha value is -3.40. The summed E-state index contributed by atoms with van der Waals surface area (Å²) in [6, 6.07) is 22.3. The first-order chi connectivity index (χ1) is 14.0. The van der Waals surface area contributed by atoms with Gasteiger partial charge in [-0.25, -0.2) is 4.98 Å². The number of carbonyl (C=O) groups excluding carboxylic acids is 1. The molecular weight excluding hydrogens is 358 g/mol. The minimum absolute atomic E-state index is 0.0448. The lowest BCUT2D eigenvalue weighted by atomic mass is 10.1. The maximum Gasteiger partial charge on any atom is 0.244 e. The van der Waals surface area contributed by atoms with Gasteiger partial charge >= 0.3 is 0 Å². The Balaban J connectivity index is 1.67. The first-order valence-electron chi connectivity index (χ1n) is 9.87. The van der Waals surface area contributed by atoms with Gasteiger partial charge < -0.3 is 9.88 Å². The number of rotatable bonds is 5. The Bertz CT molecular complexity index is 1170. The molecule has 0 aliphatic rings. The van der Waals surface area contributed by atoms with E-state index >= 15 is 0 Å². The normalized spacial score (nSPS) is 11.0. The van der Waals surface area contributed by atoms with Crippen LogP contribution in [0.3, 0.4) is 0 Å². The van der Waals surface area contributed by atoms with Crippen molar-refractivity contribution in [1.82, 2.24) is 9.55 Å². The van der Waals surface area contributed by atoms with E-state index in [1.165, 1.54) is 11.1 Å². The lowest BCUT2D eigenvalue weighted by Crippen LogP contribution is -2.21. The molecule has 0 bridgehead atoms. The number of nitrogens with one attached hydrogen (secondary N) is 1. The number of amides is 1. The number of nitrogens with zero attached hydrogens (tertiary/aromatic N) is 2. The largest absolute Gasteiger partial charge is 0.324 e. The first-order valence-corrected chi connectivity index (χ1v) is 9.87. The fourth-order valence-electron chi connectivity index (χ4n) is 3.75. The zero-order valence-corrected chi connectivity index (χ0v) is 17.1. The van der Waals surface area contributed by atoms with Gasteiger partial charge in [-0.1, -0.05) is 54.6 Å². The van der Waals surface area contributed by atoms with Crippen LogP contribution in [0.1, 0.15) is 28.1 Å². The number of carbonyl (C=O) groups is 1. The van der Waals surface area contributed by atoms with Crippen LogP contribution in [0.5, 0.6) is 0 Å². The van der Waals surface area contributed by atoms with Gasteiger partial charge in [0, 0.05) is 12.1 Å². The standard InChI is InChI=1S/C25H25N3O/c1-17-9-4-5-12-20(17)15-23-26-21-13-6-7-14-22(21)28(23)16-24(29)27-25-18(2)10-8-11-19(25)3/h4-14H,15-16H2,1-3H3,(H,27,29). The quantitative estimate of drug-likeness (QED) is 0.515. The molecule has 4 rings (SSSR count). The highest BCUT2D eigenvalue weighted by Gasteiger charge is 2.16. The molecular formula is C25H25N3O. The molecule has 0 fully saturated rings. The van der Waals surface area contributed by atoms with Crippen LogP contribution in [0.4, 0.5) is 5.69 Å². The summed E-state index contributed by atoms with van der Waals surface area (Å²) in [7, 11) is 0. The molecule has 0 saturated heterocycles. The molecule has 3 aromatic carbocycles. The van der Waals surface area contributed by atoms with Crippen LogP contribution in [0.2, 0.25) is 0 Å². The predicted molar refractivity (Wildman–Crippen MR) is 118 cm³/mol. The molecule has 0 radical (unpaired) electrons. The van der Waals surface area contributed by atoms with Crippen LogP contribution < -0.4 is 5.32 Å². The van der Waals surface area contributed by atoms with Crippen molar-refractivity contribution in [2.45, 2.75) is 33.7 Å². The van der Waals surface area contributed by atoms with Gasteiger partial charge in [0.15, 0.2) is 0 Å². The van der Waals surface area contributed by atoms with Crippen LogP contribution in [-0.2, 0) is 17.8 Å². The van der Waals surface area contributed by atoms with E-state index in [9.17, 15) is 4.79 Å². The number of benzene rings is 3. The summed E-state index contributed by atoms with van der Waals surface area (Å²) in [5.74, 6) is 0.855. The van der Waals surface area contributed by atoms with Crippen molar-refractivity contribution < 1.29 is 4.79 Å². The third-order valence-electron chi connectivity index (χ3n) is 5.39. The number of aryl methyl sites for hydroxylation is 3. The minimum atomic E-state index is -0.0448. The minimum Gasteiger partial charge on any atom is -0.324 e. The van der Waals surface area contributed by atoms with Crippen LogP contribution in [0.15, 0.2) is 66.7 Å². The van der Waals surface area contributed by atoms with Gasteiger partial charge in [0.25, 0.3) is 0 Å². The van der Waals surface area contributed by atoms with Gasteiger partial charge in [-0.2, -0.15) is 0 Å². The summed E-state index contributed by atoms with van der Waals surface area (Å²) in [6.07, 6.45) is 0.692. The van der Waals surface area contributed by atoms with E-state index in [0.29, 0.717) is 6.42 Å². The van der Waals surface area contributed by atoms with E-state index in [0.717, 1.165) is 33.7 Å². The zero-order chi connectivity index (χ0) is 20.4. The molecule has 1 amide bonds. The molecule has 29 heavy (non-hydrogen) atoms. The summed E-state index contributed by atoms with van der Waals surface area (Å²) < 4.78 is 2.03. The molecule has 1 heterocycles. The van der Waals surface area contributed by atoms with Crippen LogP contribution >= 0.6 is 0 Å². The lowest BCUT2D eigenvalue weighted by Gasteiger charge is -2.14. The Labute approximate surface area is 171 Å². The molecule has 4 nitrogen and oxygen atoms in total. The molecule has 0 spiro atoms. The second-order valence-electron chi connectivity index (χ2n) is 7.52. The van der Waals surface area contributed by atoms with Gasteiger partial charge in [0.05, 0.1) is 11.0 Å². The van der Waals surface area contributed by atoms with Crippen LogP contribution in [-0.4, -0.2) is 15.5 Å². The van der Waals surface area contributed by atoms with Crippen LogP contribution in [0.25, 0.3) is 11.0 Å². The van der Waals surface area contributed by atoms with E-state index in [4.69, 9.17) is 4.98 Å². The monoisotopic (exact) mass is 383 g/mol. The van der Waals surface area contributed by atoms with Gasteiger partial charge in [0.1, 0.15) is 12.4 Å². The Morgan fingerprint density at radius 3 is 2.28 bits per heavy atom. The van der Waals surface area contributed by atoms with Gasteiger partial charge in [-0.15, -0.1) is 0 Å². The maximum absolute atomic E-state index is 12.9. The van der Waals surface area contributed by atoms with Gasteiger partial charge in [-0.05, 0) is 55.2 Å². The van der Waals surface area contributed by atoms with E-state index in [1.807, 2.05) is 73.0 Å². The summed E-state index contributed by atoms with van der Waals surface area (Å²) in [5.41, 5.74) is 7.36. The number of hydrogen-bond donors (Lipinski definition) is 1. The number of imidazole rings is 1. The molecule has 4 heteroatoms. The number of aromatic nitrogens is 2. The fourth-order valence-corrected chi connectivity index (χ4v) is 3.75. The van der Waals surface area contributed by atoms with E-state index in [1.54, 1.807) is 0 Å². The maximum atomic E-state index is 12.9. The van der Waals surface area contributed by atoms with Crippen molar-refractivity contribution >= 4 is 22.6 Å². The van der Waals surface area contributed by atoms with Crippen molar-refractivity contribution in [2.24, 2.45) is 0 Å².